The molecule has 5 heteroatoms. The SMILES string of the molecule is C#CCCCOc1cccc(NC(=O)c2nc3cccnc3cc2C)c1. The molecule has 5 nitrogen and oxygen atoms in total. The first-order valence-electron chi connectivity index (χ1n) is 8.37. The van der Waals surface area contributed by atoms with E-state index in [1.54, 1.807) is 18.3 Å². The van der Waals surface area contributed by atoms with Gasteiger partial charge in [-0.2, -0.15) is 0 Å². The molecule has 1 amide bonds. The van der Waals surface area contributed by atoms with Crippen LogP contribution in [-0.2, 0) is 0 Å². The summed E-state index contributed by atoms with van der Waals surface area (Å²) in [5.74, 6) is 3.00. The van der Waals surface area contributed by atoms with Crippen molar-refractivity contribution in [2.24, 2.45) is 0 Å². The summed E-state index contributed by atoms with van der Waals surface area (Å²) in [5.41, 5.74) is 3.26. The molecule has 0 fully saturated rings. The number of hydrogen-bond donors (Lipinski definition) is 1. The number of hydrogen-bond acceptors (Lipinski definition) is 4. The average Bonchev–Trinajstić information content (AvgIpc) is 2.65. The van der Waals surface area contributed by atoms with Crippen molar-refractivity contribution in [3.63, 3.8) is 0 Å². The van der Waals surface area contributed by atoms with E-state index in [4.69, 9.17) is 11.2 Å². The Hall–Kier alpha value is -3.39. The molecule has 0 spiro atoms. The topological polar surface area (TPSA) is 64.1 Å². The molecule has 2 heterocycles. The Labute approximate surface area is 152 Å². The number of amides is 1. The number of carbonyl (C=O) groups is 1. The van der Waals surface area contributed by atoms with E-state index >= 15 is 0 Å². The van der Waals surface area contributed by atoms with Crippen LogP contribution in [0.1, 0.15) is 28.9 Å². The zero-order valence-electron chi connectivity index (χ0n) is 14.5. The minimum absolute atomic E-state index is 0.266. The normalized spacial score (nSPS) is 10.3. The number of terminal acetylenes is 1. The number of anilines is 1. The van der Waals surface area contributed by atoms with Gasteiger partial charge in [0.25, 0.3) is 5.91 Å². The van der Waals surface area contributed by atoms with E-state index < -0.39 is 0 Å². The average molecular weight is 345 g/mol. The Morgan fingerprint density at radius 3 is 2.96 bits per heavy atom. The van der Waals surface area contributed by atoms with Crippen LogP contribution in [0.25, 0.3) is 11.0 Å². The Bertz CT molecular complexity index is 976. The van der Waals surface area contributed by atoms with E-state index in [9.17, 15) is 4.79 Å². The van der Waals surface area contributed by atoms with Crippen LogP contribution in [0.4, 0.5) is 5.69 Å². The summed E-state index contributed by atoms with van der Waals surface area (Å²) >= 11 is 0. The monoisotopic (exact) mass is 345 g/mol. The van der Waals surface area contributed by atoms with Crippen LogP contribution in [0.2, 0.25) is 0 Å². The second-order valence-corrected chi connectivity index (χ2v) is 5.83. The summed E-state index contributed by atoms with van der Waals surface area (Å²) in [4.78, 5) is 21.3. The number of benzene rings is 1. The largest absolute Gasteiger partial charge is 0.493 e. The molecule has 130 valence electrons. The Kier molecular flexibility index (Phi) is 5.45. The number of nitrogens with one attached hydrogen (secondary N) is 1. The van der Waals surface area contributed by atoms with E-state index in [1.165, 1.54) is 0 Å². The van der Waals surface area contributed by atoms with Gasteiger partial charge < -0.3 is 10.1 Å². The number of fused-ring (bicyclic) bond motifs is 1. The van der Waals surface area contributed by atoms with Gasteiger partial charge in [0.05, 0.1) is 17.6 Å². The van der Waals surface area contributed by atoms with Crippen molar-refractivity contribution in [1.29, 1.82) is 0 Å². The lowest BCUT2D eigenvalue weighted by Crippen LogP contribution is -2.15. The first kappa shape index (κ1) is 17.4. The van der Waals surface area contributed by atoms with Gasteiger partial charge in [0, 0.05) is 24.4 Å². The number of nitrogens with zero attached hydrogens (tertiary/aromatic N) is 2. The molecule has 0 aliphatic rings. The number of ether oxygens (including phenoxy) is 1. The predicted molar refractivity (Wildman–Crippen MR) is 102 cm³/mol. The molecule has 26 heavy (non-hydrogen) atoms. The zero-order valence-corrected chi connectivity index (χ0v) is 14.5. The molecule has 2 aromatic heterocycles. The van der Waals surface area contributed by atoms with E-state index in [-0.39, 0.29) is 5.91 Å². The Morgan fingerprint density at radius 2 is 2.12 bits per heavy atom. The third kappa shape index (κ3) is 4.17. The molecular weight excluding hydrogens is 326 g/mol. The van der Waals surface area contributed by atoms with E-state index in [1.807, 2.05) is 37.3 Å². The van der Waals surface area contributed by atoms with Gasteiger partial charge in [0.15, 0.2) is 0 Å². The summed E-state index contributed by atoms with van der Waals surface area (Å²) in [5, 5.41) is 2.87. The summed E-state index contributed by atoms with van der Waals surface area (Å²) < 4.78 is 5.65. The number of unbranched alkanes of at least 4 members (excludes halogenated alkanes) is 1. The van der Waals surface area contributed by atoms with E-state index in [2.05, 4.69) is 21.2 Å². The molecule has 0 bridgehead atoms. The maximum atomic E-state index is 12.6. The van der Waals surface area contributed by atoms with Gasteiger partial charge in [-0.3, -0.25) is 9.78 Å². The zero-order chi connectivity index (χ0) is 18.4. The highest BCUT2D eigenvalue weighted by atomic mass is 16.5. The highest BCUT2D eigenvalue weighted by Crippen LogP contribution is 2.20. The Balaban J connectivity index is 1.74. The molecule has 0 unspecified atom stereocenters. The fraction of sp³-hybridized carbons (Fsp3) is 0.190. The lowest BCUT2D eigenvalue weighted by molar-refractivity contribution is 0.102. The summed E-state index contributed by atoms with van der Waals surface area (Å²) in [7, 11) is 0. The molecule has 3 aromatic rings. The quantitative estimate of drug-likeness (QED) is 0.542. The fourth-order valence-electron chi connectivity index (χ4n) is 2.54. The van der Waals surface area contributed by atoms with Crippen molar-refractivity contribution >= 4 is 22.6 Å². The molecule has 0 atom stereocenters. The third-order valence-corrected chi connectivity index (χ3v) is 3.82. The van der Waals surface area contributed by atoms with Gasteiger partial charge in [0.1, 0.15) is 11.4 Å². The maximum Gasteiger partial charge on any atom is 0.274 e. The van der Waals surface area contributed by atoms with Crippen molar-refractivity contribution in [3.8, 4) is 18.1 Å². The van der Waals surface area contributed by atoms with Crippen LogP contribution in [-0.4, -0.2) is 22.5 Å². The van der Waals surface area contributed by atoms with Gasteiger partial charge in [-0.1, -0.05) is 6.07 Å². The number of aryl methyl sites for hydroxylation is 1. The molecule has 0 saturated heterocycles. The lowest BCUT2D eigenvalue weighted by atomic mass is 10.1. The van der Waals surface area contributed by atoms with Crippen molar-refractivity contribution in [3.05, 3.63) is 59.9 Å². The maximum absolute atomic E-state index is 12.6. The number of carbonyl (C=O) groups excluding carboxylic acids is 1. The smallest absolute Gasteiger partial charge is 0.274 e. The number of pyridine rings is 2. The minimum Gasteiger partial charge on any atom is -0.493 e. The van der Waals surface area contributed by atoms with Gasteiger partial charge in [-0.05, 0) is 49.2 Å². The van der Waals surface area contributed by atoms with Gasteiger partial charge in [-0.15, -0.1) is 12.3 Å². The lowest BCUT2D eigenvalue weighted by Gasteiger charge is -2.10. The molecule has 0 radical (unpaired) electrons. The van der Waals surface area contributed by atoms with Gasteiger partial charge in [-0.25, -0.2) is 4.98 Å². The standard InChI is InChI=1S/C21H19N3O2/c1-3-4-5-12-26-17-9-6-8-16(14-17)23-21(25)20-15(2)13-19-18(24-20)10-7-11-22-19/h1,6-11,13-14H,4-5,12H2,2H3,(H,23,25). The highest BCUT2D eigenvalue weighted by molar-refractivity contribution is 6.05. The fourth-order valence-corrected chi connectivity index (χ4v) is 2.54. The van der Waals surface area contributed by atoms with Crippen molar-refractivity contribution < 1.29 is 9.53 Å². The second-order valence-electron chi connectivity index (χ2n) is 5.83. The van der Waals surface area contributed by atoms with Crippen LogP contribution in [0.3, 0.4) is 0 Å². The van der Waals surface area contributed by atoms with Crippen molar-refractivity contribution in [2.75, 3.05) is 11.9 Å². The first-order valence-corrected chi connectivity index (χ1v) is 8.37. The summed E-state index contributed by atoms with van der Waals surface area (Å²) in [6, 6.07) is 12.8. The van der Waals surface area contributed by atoms with E-state index in [0.29, 0.717) is 35.7 Å². The molecule has 0 aliphatic heterocycles. The summed E-state index contributed by atoms with van der Waals surface area (Å²) in [6.07, 6.45) is 8.40. The second kappa shape index (κ2) is 8.13. The van der Waals surface area contributed by atoms with Gasteiger partial charge >= 0.3 is 0 Å². The molecule has 1 N–H and O–H groups in total. The summed E-state index contributed by atoms with van der Waals surface area (Å²) in [6.45, 7) is 2.39. The number of aromatic nitrogens is 2. The molecule has 1 aromatic carbocycles. The highest BCUT2D eigenvalue weighted by Gasteiger charge is 2.13. The van der Waals surface area contributed by atoms with Crippen LogP contribution in [0.15, 0.2) is 48.7 Å². The van der Waals surface area contributed by atoms with Crippen molar-refractivity contribution in [2.45, 2.75) is 19.8 Å². The van der Waals surface area contributed by atoms with E-state index in [0.717, 1.165) is 17.5 Å². The van der Waals surface area contributed by atoms with Gasteiger partial charge in [0.2, 0.25) is 0 Å². The van der Waals surface area contributed by atoms with Crippen LogP contribution >= 0.6 is 0 Å². The molecule has 3 rings (SSSR count). The van der Waals surface area contributed by atoms with Crippen LogP contribution in [0.5, 0.6) is 5.75 Å². The van der Waals surface area contributed by atoms with Crippen LogP contribution < -0.4 is 10.1 Å². The van der Waals surface area contributed by atoms with Crippen LogP contribution in [0, 0.1) is 19.3 Å². The predicted octanol–water partition coefficient (Wildman–Crippen LogP) is 3.98. The third-order valence-electron chi connectivity index (χ3n) is 3.82. The molecule has 0 aliphatic carbocycles. The van der Waals surface area contributed by atoms with Crippen molar-refractivity contribution in [1.82, 2.24) is 9.97 Å². The number of rotatable bonds is 6. The molecular formula is C21H19N3O2. The Morgan fingerprint density at radius 1 is 1.23 bits per heavy atom. The minimum atomic E-state index is -0.266. The first-order chi connectivity index (χ1) is 12.7. The molecule has 0 saturated carbocycles.